The van der Waals surface area contributed by atoms with Gasteiger partial charge in [0.2, 0.25) is 0 Å². The molecule has 27 heavy (non-hydrogen) atoms. The average molecular weight is 452 g/mol. The number of carbonyl (C=O) groups is 2. The van der Waals surface area contributed by atoms with Crippen molar-refractivity contribution in [2.24, 2.45) is 0 Å². The molecule has 0 aliphatic carbocycles. The molecule has 2 aromatic carbocycles. The standard InChI is InChI=1S/2C10H13NOS.Cu/c2*1-7-4-3-5-9(8(7)2)11-10(12)6-13;/h2*3-5,13H,6H2,1-2H3,(H,11,12);/q;;+2/p-2. The summed E-state index contributed by atoms with van der Waals surface area (Å²) in [6.45, 7) is 7.99. The van der Waals surface area contributed by atoms with Gasteiger partial charge in [-0.3, -0.25) is 9.59 Å². The topological polar surface area (TPSA) is 58.2 Å². The van der Waals surface area contributed by atoms with E-state index in [0.717, 1.165) is 22.5 Å². The van der Waals surface area contributed by atoms with Crippen LogP contribution in [0.4, 0.5) is 11.4 Å². The van der Waals surface area contributed by atoms with Crippen LogP contribution in [-0.4, -0.2) is 23.3 Å². The summed E-state index contributed by atoms with van der Waals surface area (Å²) in [7, 11) is 0. The molecule has 0 unspecified atom stereocenters. The van der Waals surface area contributed by atoms with Gasteiger partial charge in [0, 0.05) is 11.4 Å². The Morgan fingerprint density at radius 1 is 0.741 bits per heavy atom. The molecule has 0 heterocycles. The molecule has 4 nitrogen and oxygen atoms in total. The number of amides is 2. The summed E-state index contributed by atoms with van der Waals surface area (Å²) >= 11 is 9.28. The summed E-state index contributed by atoms with van der Waals surface area (Å²) in [4.78, 5) is 22.1. The normalized spacial score (nSPS) is 9.41. The molecule has 0 aromatic heterocycles. The number of carbonyl (C=O) groups excluding carboxylic acids is 2. The molecule has 7 heteroatoms. The fourth-order valence-corrected chi connectivity index (χ4v) is 2.29. The van der Waals surface area contributed by atoms with Crippen molar-refractivity contribution < 1.29 is 26.7 Å². The average Bonchev–Trinajstić information content (AvgIpc) is 2.63. The summed E-state index contributed by atoms with van der Waals surface area (Å²) in [6.07, 6.45) is 0. The van der Waals surface area contributed by atoms with Gasteiger partial charge in [-0.1, -0.05) is 35.8 Å². The number of anilines is 2. The maximum Gasteiger partial charge on any atom is 2.00 e. The van der Waals surface area contributed by atoms with Crippen molar-refractivity contribution in [1.82, 2.24) is 0 Å². The molecule has 149 valence electrons. The van der Waals surface area contributed by atoms with Crippen molar-refractivity contribution in [3.8, 4) is 0 Å². The summed E-state index contributed by atoms with van der Waals surface area (Å²) in [5.74, 6) is -0.0341. The number of aryl methyl sites for hydroxylation is 2. The Kier molecular flexibility index (Phi) is 12.2. The molecule has 2 rings (SSSR count). The Morgan fingerprint density at radius 2 is 1.07 bits per heavy atom. The van der Waals surface area contributed by atoms with Crippen molar-refractivity contribution in [1.29, 1.82) is 0 Å². The van der Waals surface area contributed by atoms with Gasteiger partial charge in [0.25, 0.3) is 0 Å². The van der Waals surface area contributed by atoms with Crippen LogP contribution in [0.1, 0.15) is 22.3 Å². The Bertz CT molecular complexity index is 717. The van der Waals surface area contributed by atoms with E-state index in [1.165, 1.54) is 11.1 Å². The number of rotatable bonds is 4. The van der Waals surface area contributed by atoms with Gasteiger partial charge in [0.15, 0.2) is 11.8 Å². The maximum absolute atomic E-state index is 11.0. The van der Waals surface area contributed by atoms with Crippen LogP contribution in [0.2, 0.25) is 0 Å². The van der Waals surface area contributed by atoms with Gasteiger partial charge in [-0.25, -0.2) is 0 Å². The Morgan fingerprint density at radius 3 is 1.37 bits per heavy atom. The number of nitrogens with one attached hydrogen (secondary N) is 2. The van der Waals surface area contributed by atoms with E-state index < -0.39 is 0 Å². The largest absolute Gasteiger partial charge is 2.00 e. The quantitative estimate of drug-likeness (QED) is 0.551. The van der Waals surface area contributed by atoms with Crippen LogP contribution in [0.5, 0.6) is 0 Å². The SMILES string of the molecule is Cc1cccc(NC(=O)C[S-])c1C.Cc1cccc(NC(=O)C[S-])c1C.[Cu+2]. The summed E-state index contributed by atoms with van der Waals surface area (Å²) in [6, 6.07) is 11.6. The van der Waals surface area contributed by atoms with Gasteiger partial charge in [-0.05, 0) is 62.1 Å². The minimum Gasteiger partial charge on any atom is -0.783 e. The van der Waals surface area contributed by atoms with Gasteiger partial charge in [0.05, 0.1) is 0 Å². The minimum absolute atomic E-state index is 0. The Labute approximate surface area is 183 Å². The number of hydrogen-bond donors (Lipinski definition) is 2. The first-order chi connectivity index (χ1) is 12.3. The molecule has 0 aliphatic rings. The Hall–Kier alpha value is -1.40. The van der Waals surface area contributed by atoms with E-state index in [1.54, 1.807) is 0 Å². The molecule has 0 fully saturated rings. The second kappa shape index (κ2) is 12.9. The maximum atomic E-state index is 11.0. The Balaban J connectivity index is 0.000000483. The molecule has 0 saturated heterocycles. The summed E-state index contributed by atoms with van der Waals surface area (Å²) in [5.41, 5.74) is 6.24. The van der Waals surface area contributed by atoms with E-state index in [9.17, 15) is 9.59 Å². The first kappa shape index (κ1) is 25.6. The van der Waals surface area contributed by atoms with Crippen LogP contribution in [-0.2, 0) is 51.9 Å². The van der Waals surface area contributed by atoms with Crippen LogP contribution < -0.4 is 10.6 Å². The second-order valence-electron chi connectivity index (χ2n) is 5.88. The van der Waals surface area contributed by atoms with Crippen LogP contribution in [0.25, 0.3) is 0 Å². The molecule has 0 bridgehead atoms. The van der Waals surface area contributed by atoms with Crippen LogP contribution in [0.15, 0.2) is 36.4 Å². The zero-order valence-corrected chi connectivity index (χ0v) is 18.4. The molecule has 1 radical (unpaired) electrons. The number of benzene rings is 2. The van der Waals surface area contributed by atoms with E-state index in [-0.39, 0.29) is 40.4 Å². The summed E-state index contributed by atoms with van der Waals surface area (Å²) < 4.78 is 0. The zero-order valence-electron chi connectivity index (χ0n) is 15.8. The van der Waals surface area contributed by atoms with Crippen LogP contribution in [0.3, 0.4) is 0 Å². The van der Waals surface area contributed by atoms with Crippen molar-refractivity contribution in [3.63, 3.8) is 0 Å². The minimum atomic E-state index is -0.122. The fourth-order valence-electron chi connectivity index (χ4n) is 2.15. The molecule has 2 aromatic rings. The fraction of sp³-hybridized carbons (Fsp3) is 0.300. The molecular formula is C20H24CuN2O2S2. The van der Waals surface area contributed by atoms with Gasteiger partial charge >= 0.3 is 17.1 Å². The zero-order chi connectivity index (χ0) is 19.7. The summed E-state index contributed by atoms with van der Waals surface area (Å²) in [5, 5.41) is 5.52. The first-order valence-corrected chi connectivity index (χ1v) is 9.34. The second-order valence-corrected chi connectivity index (χ2v) is 6.46. The molecule has 2 amide bonds. The van der Waals surface area contributed by atoms with E-state index >= 15 is 0 Å². The molecule has 0 atom stereocenters. The van der Waals surface area contributed by atoms with E-state index in [0.29, 0.717) is 0 Å². The molecule has 0 saturated carbocycles. The third kappa shape index (κ3) is 8.43. The third-order valence-electron chi connectivity index (χ3n) is 4.02. The van der Waals surface area contributed by atoms with Crippen molar-refractivity contribution in [2.75, 3.05) is 22.1 Å². The van der Waals surface area contributed by atoms with Gasteiger partial charge < -0.3 is 35.9 Å². The van der Waals surface area contributed by atoms with Crippen molar-refractivity contribution in [3.05, 3.63) is 58.7 Å². The molecule has 0 spiro atoms. The number of hydrogen-bond acceptors (Lipinski definition) is 4. The van der Waals surface area contributed by atoms with Crippen molar-refractivity contribution >= 4 is 48.4 Å². The molecular weight excluding hydrogens is 428 g/mol. The van der Waals surface area contributed by atoms with E-state index in [1.807, 2.05) is 64.1 Å². The van der Waals surface area contributed by atoms with E-state index in [2.05, 4.69) is 35.9 Å². The van der Waals surface area contributed by atoms with E-state index in [4.69, 9.17) is 0 Å². The van der Waals surface area contributed by atoms with Crippen LogP contribution in [0, 0.1) is 27.7 Å². The van der Waals surface area contributed by atoms with Gasteiger partial charge in [-0.2, -0.15) is 0 Å². The first-order valence-electron chi connectivity index (χ1n) is 8.18. The predicted molar refractivity (Wildman–Crippen MR) is 114 cm³/mol. The molecule has 2 N–H and O–H groups in total. The smallest absolute Gasteiger partial charge is 0.783 e. The predicted octanol–water partition coefficient (Wildman–Crippen LogP) is 3.58. The van der Waals surface area contributed by atoms with Crippen LogP contribution >= 0.6 is 0 Å². The third-order valence-corrected chi connectivity index (χ3v) is 4.54. The van der Waals surface area contributed by atoms with Gasteiger partial charge in [0.1, 0.15) is 0 Å². The van der Waals surface area contributed by atoms with Crippen molar-refractivity contribution in [2.45, 2.75) is 27.7 Å². The monoisotopic (exact) mass is 451 g/mol. The van der Waals surface area contributed by atoms with Gasteiger partial charge in [-0.15, -0.1) is 0 Å². The molecule has 0 aliphatic heterocycles.